The van der Waals surface area contributed by atoms with E-state index in [1.807, 2.05) is 0 Å². The van der Waals surface area contributed by atoms with Gasteiger partial charge in [-0.2, -0.15) is 8.78 Å². The lowest BCUT2D eigenvalue weighted by atomic mass is 9.88. The minimum Gasteiger partial charge on any atom is -0.380 e. The molecule has 0 bridgehead atoms. The molecule has 0 spiro atoms. The number of aliphatic hydroxyl groups excluding tert-OH is 2. The number of benzene rings is 1. The second kappa shape index (κ2) is 8.59. The van der Waals surface area contributed by atoms with Gasteiger partial charge in [0.05, 0.1) is 0 Å². The van der Waals surface area contributed by atoms with E-state index in [2.05, 4.69) is 0 Å². The van der Waals surface area contributed by atoms with Gasteiger partial charge < -0.3 is 20.0 Å². The van der Waals surface area contributed by atoms with Gasteiger partial charge in [-0.1, -0.05) is 33.5 Å². The van der Waals surface area contributed by atoms with E-state index in [-0.39, 0.29) is 11.5 Å². The number of alkyl halides is 2. The molecule has 0 radical (unpaired) electrons. The second-order valence-electron chi connectivity index (χ2n) is 6.97. The highest BCUT2D eigenvalue weighted by molar-refractivity contribution is 7.17. The average Bonchev–Trinajstić information content (AvgIpc) is 2.65. The van der Waals surface area contributed by atoms with Crippen LogP contribution in [-0.4, -0.2) is 71.2 Å². The van der Waals surface area contributed by atoms with E-state index in [4.69, 9.17) is 0 Å². The van der Waals surface area contributed by atoms with E-state index in [0.717, 1.165) is 10.5 Å². The molecule has 1 aromatic carbocycles. The SMILES string of the molecule is CN(C)C(=O)C(O)C(O)C(=O)N1CCC(c2ccc(C(F)(F)P)cc2)CC1. The zero-order chi connectivity index (χ0) is 20.4. The van der Waals surface area contributed by atoms with Crippen molar-refractivity contribution in [3.8, 4) is 0 Å². The number of aliphatic hydroxyl groups is 2. The van der Waals surface area contributed by atoms with Crippen molar-refractivity contribution in [2.45, 2.75) is 36.6 Å². The van der Waals surface area contributed by atoms with E-state index in [1.54, 1.807) is 12.1 Å². The van der Waals surface area contributed by atoms with Crippen molar-refractivity contribution in [2.24, 2.45) is 0 Å². The number of carbonyl (C=O) groups is 2. The molecule has 1 fully saturated rings. The Labute approximate surface area is 159 Å². The Kier molecular flexibility index (Phi) is 6.89. The Balaban J connectivity index is 1.94. The number of likely N-dealkylation sites (N-methyl/N-ethyl adjacent to an activating group) is 1. The van der Waals surface area contributed by atoms with Gasteiger partial charge in [0.2, 0.25) is 0 Å². The largest absolute Gasteiger partial charge is 0.380 e. The summed E-state index contributed by atoms with van der Waals surface area (Å²) >= 11 is 0. The van der Waals surface area contributed by atoms with Gasteiger partial charge in [0.15, 0.2) is 12.2 Å². The van der Waals surface area contributed by atoms with Gasteiger partial charge in [0.1, 0.15) is 0 Å². The fraction of sp³-hybridized carbons (Fsp3) is 0.556. The predicted octanol–water partition coefficient (Wildman–Crippen LogP) is 1.13. The smallest absolute Gasteiger partial charge is 0.283 e. The van der Waals surface area contributed by atoms with Crippen LogP contribution in [0.2, 0.25) is 0 Å². The van der Waals surface area contributed by atoms with Gasteiger partial charge in [-0.05, 0) is 24.3 Å². The van der Waals surface area contributed by atoms with Crippen molar-refractivity contribution >= 4 is 21.1 Å². The number of hydrogen-bond donors (Lipinski definition) is 2. The molecule has 1 saturated heterocycles. The molecule has 9 heteroatoms. The van der Waals surface area contributed by atoms with Crippen LogP contribution in [0, 0.1) is 0 Å². The Morgan fingerprint density at radius 1 is 1.15 bits per heavy atom. The van der Waals surface area contributed by atoms with Crippen LogP contribution in [0.5, 0.6) is 0 Å². The molecule has 1 aliphatic rings. The van der Waals surface area contributed by atoms with E-state index in [9.17, 15) is 28.6 Å². The lowest BCUT2D eigenvalue weighted by Crippen LogP contribution is -2.51. The Morgan fingerprint density at radius 3 is 2.11 bits per heavy atom. The highest BCUT2D eigenvalue weighted by Gasteiger charge is 2.35. The van der Waals surface area contributed by atoms with Crippen LogP contribution in [0.15, 0.2) is 24.3 Å². The summed E-state index contributed by atoms with van der Waals surface area (Å²) in [5, 5.41) is 19.8. The molecule has 0 aliphatic carbocycles. The van der Waals surface area contributed by atoms with Crippen molar-refractivity contribution in [1.82, 2.24) is 9.80 Å². The summed E-state index contributed by atoms with van der Waals surface area (Å²) in [5.41, 5.74) is -2.12. The summed E-state index contributed by atoms with van der Waals surface area (Å²) in [5.74, 6) is -1.31. The summed E-state index contributed by atoms with van der Waals surface area (Å²) in [6, 6.07) is 6.13. The molecule has 3 atom stereocenters. The zero-order valence-electron chi connectivity index (χ0n) is 15.3. The highest BCUT2D eigenvalue weighted by Crippen LogP contribution is 2.36. The van der Waals surface area contributed by atoms with Gasteiger partial charge in [0, 0.05) is 32.7 Å². The molecule has 1 aromatic rings. The van der Waals surface area contributed by atoms with E-state index in [0.29, 0.717) is 25.9 Å². The summed E-state index contributed by atoms with van der Waals surface area (Å²) in [6.07, 6.45) is -2.40. The van der Waals surface area contributed by atoms with E-state index >= 15 is 0 Å². The van der Waals surface area contributed by atoms with Gasteiger partial charge in [-0.15, -0.1) is 0 Å². The van der Waals surface area contributed by atoms with Crippen molar-refractivity contribution in [3.63, 3.8) is 0 Å². The van der Waals surface area contributed by atoms with Crippen LogP contribution >= 0.6 is 9.24 Å². The maximum atomic E-state index is 13.3. The van der Waals surface area contributed by atoms with Crippen molar-refractivity contribution in [3.05, 3.63) is 35.4 Å². The van der Waals surface area contributed by atoms with Gasteiger partial charge in [-0.3, -0.25) is 9.59 Å². The Morgan fingerprint density at radius 2 is 1.67 bits per heavy atom. The molecular formula is C18H25F2N2O4P. The summed E-state index contributed by atoms with van der Waals surface area (Å²) in [4.78, 5) is 26.5. The Bertz CT molecular complexity index is 671. The van der Waals surface area contributed by atoms with Gasteiger partial charge >= 0.3 is 0 Å². The van der Waals surface area contributed by atoms with Crippen LogP contribution in [0.1, 0.15) is 29.9 Å². The highest BCUT2D eigenvalue weighted by atomic mass is 31.0. The zero-order valence-corrected chi connectivity index (χ0v) is 16.5. The van der Waals surface area contributed by atoms with E-state index in [1.165, 1.54) is 40.4 Å². The third-order valence-electron chi connectivity index (χ3n) is 4.82. The topological polar surface area (TPSA) is 81.1 Å². The van der Waals surface area contributed by atoms with Crippen LogP contribution in [-0.2, 0) is 15.3 Å². The monoisotopic (exact) mass is 402 g/mol. The standard InChI is InChI=1S/C18H25F2N2O4P/c1-21(2)16(25)14(23)15(24)17(26)22-9-7-12(8-10-22)11-3-5-13(6-4-11)18(19,20)27/h3-6,12,14-15,23-24H,7-10,27H2,1-2H3. The molecule has 150 valence electrons. The first-order valence-corrected chi connectivity index (χ1v) is 9.23. The van der Waals surface area contributed by atoms with Crippen LogP contribution in [0.3, 0.4) is 0 Å². The number of likely N-dealkylation sites (tertiary alicyclic amines) is 1. The van der Waals surface area contributed by atoms with Crippen molar-refractivity contribution in [1.29, 1.82) is 0 Å². The first-order chi connectivity index (χ1) is 12.5. The molecule has 0 saturated carbocycles. The van der Waals surface area contributed by atoms with E-state index < -0.39 is 29.7 Å². The predicted molar refractivity (Wildman–Crippen MR) is 99.3 cm³/mol. The van der Waals surface area contributed by atoms with Crippen molar-refractivity contribution < 1.29 is 28.6 Å². The summed E-state index contributed by atoms with van der Waals surface area (Å²) in [6.45, 7) is 0.704. The molecule has 0 aromatic heterocycles. The molecule has 2 N–H and O–H groups in total. The Hall–Kier alpha value is -1.63. The average molecular weight is 402 g/mol. The number of nitrogens with zero attached hydrogens (tertiary/aromatic N) is 2. The lowest BCUT2D eigenvalue weighted by molar-refractivity contribution is -0.157. The van der Waals surface area contributed by atoms with Gasteiger partial charge in [-0.25, -0.2) is 0 Å². The molecule has 1 heterocycles. The molecule has 1 aliphatic heterocycles. The quantitative estimate of drug-likeness (QED) is 0.724. The second-order valence-corrected chi connectivity index (χ2v) is 7.69. The van der Waals surface area contributed by atoms with Crippen LogP contribution < -0.4 is 0 Å². The minimum atomic E-state index is -2.96. The molecule has 2 rings (SSSR count). The normalized spacial score (nSPS) is 18.1. The number of halogens is 2. The maximum Gasteiger partial charge on any atom is 0.283 e. The van der Waals surface area contributed by atoms with Crippen LogP contribution in [0.4, 0.5) is 8.78 Å². The minimum absolute atomic E-state index is 0.0773. The molecule has 2 amide bonds. The molecule has 27 heavy (non-hydrogen) atoms. The maximum absolute atomic E-state index is 13.3. The lowest BCUT2D eigenvalue weighted by Gasteiger charge is -2.34. The third kappa shape index (κ3) is 5.21. The fourth-order valence-corrected chi connectivity index (χ4v) is 3.32. The van der Waals surface area contributed by atoms with Crippen molar-refractivity contribution in [2.75, 3.05) is 27.2 Å². The number of piperidine rings is 1. The van der Waals surface area contributed by atoms with Crippen LogP contribution in [0.25, 0.3) is 0 Å². The number of amides is 2. The third-order valence-corrected chi connectivity index (χ3v) is 5.15. The summed E-state index contributed by atoms with van der Waals surface area (Å²) in [7, 11) is 4.35. The number of rotatable bonds is 5. The molecule has 3 unspecified atom stereocenters. The first-order valence-electron chi connectivity index (χ1n) is 8.65. The first kappa shape index (κ1) is 21.7. The van der Waals surface area contributed by atoms with Gasteiger partial charge in [0.25, 0.3) is 17.5 Å². The molecular weight excluding hydrogens is 377 g/mol. The fourth-order valence-electron chi connectivity index (χ4n) is 3.13. The number of hydrogen-bond acceptors (Lipinski definition) is 4. The molecule has 6 nitrogen and oxygen atoms in total. The summed E-state index contributed by atoms with van der Waals surface area (Å²) < 4.78 is 26.5. The number of carbonyl (C=O) groups excluding carboxylic acids is 2.